The predicted molar refractivity (Wildman–Crippen MR) is 78.9 cm³/mol. The molecule has 18 heavy (non-hydrogen) atoms. The van der Waals surface area contributed by atoms with E-state index >= 15 is 0 Å². The Morgan fingerprint density at radius 2 is 1.89 bits per heavy atom. The van der Waals surface area contributed by atoms with Crippen LogP contribution in [0.3, 0.4) is 0 Å². The number of hydrogen-bond donors (Lipinski definition) is 1. The highest BCUT2D eigenvalue weighted by atomic mass is 15.3. The van der Waals surface area contributed by atoms with Gasteiger partial charge in [0.05, 0.1) is 0 Å². The molecule has 3 unspecified atom stereocenters. The molecular formula is C16H32N2. The molecule has 2 aliphatic rings. The van der Waals surface area contributed by atoms with Crippen LogP contribution in [-0.4, -0.2) is 35.6 Å². The van der Waals surface area contributed by atoms with Gasteiger partial charge < -0.3 is 5.32 Å². The summed E-state index contributed by atoms with van der Waals surface area (Å²) in [7, 11) is 0. The molecule has 1 aliphatic carbocycles. The molecule has 2 fully saturated rings. The van der Waals surface area contributed by atoms with E-state index in [1.54, 1.807) is 0 Å². The summed E-state index contributed by atoms with van der Waals surface area (Å²) in [6.07, 6.45) is 8.23. The van der Waals surface area contributed by atoms with E-state index in [0.29, 0.717) is 5.54 Å². The quantitative estimate of drug-likeness (QED) is 0.825. The number of hydrogen-bond acceptors (Lipinski definition) is 2. The van der Waals surface area contributed by atoms with Crippen LogP contribution in [0.2, 0.25) is 0 Å². The van der Waals surface area contributed by atoms with E-state index in [0.717, 1.165) is 18.0 Å². The van der Waals surface area contributed by atoms with Gasteiger partial charge in [-0.25, -0.2) is 0 Å². The standard InChI is InChI=1S/C16H32N2/c1-5-13(3)14(4)18-12-16(9-7-8-10-16)17-11-15(18)6-2/h13-15,17H,5-12H2,1-4H3. The summed E-state index contributed by atoms with van der Waals surface area (Å²) in [5, 5.41) is 3.90. The third-order valence-electron chi connectivity index (χ3n) is 5.69. The molecule has 0 aromatic rings. The molecular weight excluding hydrogens is 220 g/mol. The molecule has 0 aromatic heterocycles. The molecule has 1 N–H and O–H groups in total. The van der Waals surface area contributed by atoms with E-state index in [4.69, 9.17) is 0 Å². The first kappa shape index (κ1) is 14.3. The van der Waals surface area contributed by atoms with Crippen molar-refractivity contribution in [2.24, 2.45) is 5.92 Å². The van der Waals surface area contributed by atoms with Crippen molar-refractivity contribution in [2.45, 2.75) is 83.8 Å². The zero-order chi connectivity index (χ0) is 13.2. The summed E-state index contributed by atoms with van der Waals surface area (Å²) in [6.45, 7) is 12.0. The van der Waals surface area contributed by atoms with Crippen molar-refractivity contribution in [1.82, 2.24) is 10.2 Å². The molecule has 1 spiro atoms. The Labute approximate surface area is 114 Å². The number of piperazine rings is 1. The third kappa shape index (κ3) is 2.75. The molecule has 2 heteroatoms. The van der Waals surface area contributed by atoms with Gasteiger partial charge in [-0.3, -0.25) is 4.90 Å². The van der Waals surface area contributed by atoms with E-state index in [2.05, 4.69) is 37.9 Å². The maximum atomic E-state index is 3.90. The smallest absolute Gasteiger partial charge is 0.0309 e. The SMILES string of the molecule is CCC(C)C(C)N1CC2(CCCC2)NCC1CC. The van der Waals surface area contributed by atoms with Crippen LogP contribution in [0.25, 0.3) is 0 Å². The molecule has 1 heterocycles. The second-order valence-electron chi connectivity index (χ2n) is 6.73. The average molecular weight is 252 g/mol. The Morgan fingerprint density at radius 3 is 2.44 bits per heavy atom. The minimum Gasteiger partial charge on any atom is -0.308 e. The van der Waals surface area contributed by atoms with Gasteiger partial charge >= 0.3 is 0 Å². The van der Waals surface area contributed by atoms with Crippen LogP contribution < -0.4 is 5.32 Å². The summed E-state index contributed by atoms with van der Waals surface area (Å²) in [5.74, 6) is 0.815. The van der Waals surface area contributed by atoms with Crippen LogP contribution in [0.4, 0.5) is 0 Å². The van der Waals surface area contributed by atoms with Gasteiger partial charge in [0.15, 0.2) is 0 Å². The van der Waals surface area contributed by atoms with Gasteiger partial charge in [0, 0.05) is 30.7 Å². The number of nitrogens with zero attached hydrogens (tertiary/aromatic N) is 1. The van der Waals surface area contributed by atoms with E-state index < -0.39 is 0 Å². The average Bonchev–Trinajstić information content (AvgIpc) is 2.85. The molecule has 2 rings (SSSR count). The van der Waals surface area contributed by atoms with Crippen LogP contribution in [0.5, 0.6) is 0 Å². The van der Waals surface area contributed by atoms with Gasteiger partial charge in [0.1, 0.15) is 0 Å². The largest absolute Gasteiger partial charge is 0.308 e. The lowest BCUT2D eigenvalue weighted by Crippen LogP contribution is -2.65. The van der Waals surface area contributed by atoms with Crippen molar-refractivity contribution in [3.05, 3.63) is 0 Å². The molecule has 0 aromatic carbocycles. The Morgan fingerprint density at radius 1 is 1.22 bits per heavy atom. The second-order valence-corrected chi connectivity index (χ2v) is 6.73. The predicted octanol–water partition coefficient (Wildman–Crippen LogP) is 3.42. The molecule has 0 amide bonds. The Bertz CT molecular complexity index is 258. The molecule has 3 atom stereocenters. The molecule has 1 saturated heterocycles. The van der Waals surface area contributed by atoms with Crippen LogP contribution in [0.15, 0.2) is 0 Å². The monoisotopic (exact) mass is 252 g/mol. The van der Waals surface area contributed by atoms with Crippen LogP contribution in [0, 0.1) is 5.92 Å². The van der Waals surface area contributed by atoms with Gasteiger partial charge in [-0.1, -0.05) is 40.0 Å². The first-order chi connectivity index (χ1) is 8.62. The van der Waals surface area contributed by atoms with Crippen LogP contribution in [-0.2, 0) is 0 Å². The van der Waals surface area contributed by atoms with Gasteiger partial charge in [-0.15, -0.1) is 0 Å². The zero-order valence-corrected chi connectivity index (χ0v) is 12.8. The van der Waals surface area contributed by atoms with Crippen molar-refractivity contribution >= 4 is 0 Å². The maximum absolute atomic E-state index is 3.90. The molecule has 106 valence electrons. The molecule has 2 nitrogen and oxygen atoms in total. The maximum Gasteiger partial charge on any atom is 0.0309 e. The van der Waals surface area contributed by atoms with E-state index in [1.807, 2.05) is 0 Å². The fourth-order valence-corrected chi connectivity index (χ4v) is 3.90. The number of nitrogens with one attached hydrogen (secondary N) is 1. The minimum absolute atomic E-state index is 0.466. The van der Waals surface area contributed by atoms with Gasteiger partial charge in [-0.2, -0.15) is 0 Å². The Kier molecular flexibility index (Phi) is 4.71. The molecule has 0 bridgehead atoms. The van der Waals surface area contributed by atoms with Crippen molar-refractivity contribution in [3.8, 4) is 0 Å². The topological polar surface area (TPSA) is 15.3 Å². The van der Waals surface area contributed by atoms with Crippen molar-refractivity contribution in [3.63, 3.8) is 0 Å². The molecule has 1 saturated carbocycles. The lowest BCUT2D eigenvalue weighted by atomic mass is 9.88. The number of rotatable bonds is 4. The van der Waals surface area contributed by atoms with Gasteiger partial charge in [0.25, 0.3) is 0 Å². The highest BCUT2D eigenvalue weighted by Gasteiger charge is 2.42. The zero-order valence-electron chi connectivity index (χ0n) is 12.8. The first-order valence-electron chi connectivity index (χ1n) is 8.12. The normalized spacial score (nSPS) is 31.7. The lowest BCUT2D eigenvalue weighted by molar-refractivity contribution is 0.0271. The second kappa shape index (κ2) is 5.92. The van der Waals surface area contributed by atoms with E-state index in [1.165, 1.54) is 51.6 Å². The highest BCUT2D eigenvalue weighted by Crippen LogP contribution is 2.35. The van der Waals surface area contributed by atoms with Crippen molar-refractivity contribution in [2.75, 3.05) is 13.1 Å². The lowest BCUT2D eigenvalue weighted by Gasteiger charge is -2.50. The molecule has 1 aliphatic heterocycles. The van der Waals surface area contributed by atoms with Gasteiger partial charge in [-0.05, 0) is 32.1 Å². The fraction of sp³-hybridized carbons (Fsp3) is 1.00. The summed E-state index contributed by atoms with van der Waals surface area (Å²) in [5.41, 5.74) is 0.466. The summed E-state index contributed by atoms with van der Waals surface area (Å²) in [6, 6.07) is 1.49. The fourth-order valence-electron chi connectivity index (χ4n) is 3.90. The highest BCUT2D eigenvalue weighted by molar-refractivity contribution is 5.02. The summed E-state index contributed by atoms with van der Waals surface area (Å²) >= 11 is 0. The summed E-state index contributed by atoms with van der Waals surface area (Å²) in [4.78, 5) is 2.83. The van der Waals surface area contributed by atoms with E-state index in [-0.39, 0.29) is 0 Å². The van der Waals surface area contributed by atoms with Gasteiger partial charge in [0.2, 0.25) is 0 Å². The first-order valence-corrected chi connectivity index (χ1v) is 8.12. The van der Waals surface area contributed by atoms with Crippen LogP contribution in [0.1, 0.15) is 66.2 Å². The summed E-state index contributed by atoms with van der Waals surface area (Å²) < 4.78 is 0. The Hall–Kier alpha value is -0.0800. The van der Waals surface area contributed by atoms with Crippen molar-refractivity contribution < 1.29 is 0 Å². The van der Waals surface area contributed by atoms with Crippen molar-refractivity contribution in [1.29, 1.82) is 0 Å². The third-order valence-corrected chi connectivity index (χ3v) is 5.69. The van der Waals surface area contributed by atoms with E-state index in [9.17, 15) is 0 Å². The van der Waals surface area contributed by atoms with Crippen LogP contribution >= 0.6 is 0 Å². The Balaban J connectivity index is 2.07. The molecule has 0 radical (unpaired) electrons. The minimum atomic E-state index is 0.466.